The van der Waals surface area contributed by atoms with Crippen LogP contribution in [0.2, 0.25) is 0 Å². The molecular weight excluding hydrogens is 168 g/mol. The fourth-order valence-corrected chi connectivity index (χ4v) is 1.42. The maximum Gasteiger partial charge on any atom is 0.133 e. The zero-order valence-electron chi connectivity index (χ0n) is 7.67. The van der Waals surface area contributed by atoms with Gasteiger partial charge in [0.1, 0.15) is 17.3 Å². The molecule has 1 saturated carbocycles. The first-order valence-electron chi connectivity index (χ1n) is 4.73. The van der Waals surface area contributed by atoms with Crippen LogP contribution in [-0.4, -0.2) is 17.3 Å². The number of hydrogen-bond donors (Lipinski definition) is 0. The van der Waals surface area contributed by atoms with E-state index in [-0.39, 0.29) is 17.3 Å². The third-order valence-electron chi connectivity index (χ3n) is 2.28. The topological polar surface area (TPSA) is 51.2 Å². The van der Waals surface area contributed by atoms with Gasteiger partial charge in [-0.1, -0.05) is 0 Å². The van der Waals surface area contributed by atoms with E-state index in [9.17, 15) is 14.4 Å². The lowest BCUT2D eigenvalue weighted by Gasteiger charge is -2.04. The van der Waals surface area contributed by atoms with Crippen LogP contribution in [0.3, 0.4) is 0 Å². The summed E-state index contributed by atoms with van der Waals surface area (Å²) in [7, 11) is 0. The van der Waals surface area contributed by atoms with Crippen molar-refractivity contribution in [1.29, 1.82) is 0 Å². The highest BCUT2D eigenvalue weighted by Crippen LogP contribution is 2.10. The van der Waals surface area contributed by atoms with Gasteiger partial charge in [-0.2, -0.15) is 0 Å². The zero-order chi connectivity index (χ0) is 9.68. The quantitative estimate of drug-likeness (QED) is 0.569. The van der Waals surface area contributed by atoms with Gasteiger partial charge in [-0.15, -0.1) is 0 Å². The number of hydrogen-bond acceptors (Lipinski definition) is 3. The molecule has 0 N–H and O–H groups in total. The van der Waals surface area contributed by atoms with Gasteiger partial charge in [0.25, 0.3) is 0 Å². The molecule has 0 unspecified atom stereocenters. The van der Waals surface area contributed by atoms with Gasteiger partial charge in [-0.05, 0) is 6.42 Å². The number of carbonyl (C=O) groups excluding carboxylic acids is 3. The maximum absolute atomic E-state index is 11.1. The van der Waals surface area contributed by atoms with Crippen molar-refractivity contribution < 1.29 is 14.4 Å². The second-order valence-electron chi connectivity index (χ2n) is 3.47. The Hall–Kier alpha value is -0.990. The lowest BCUT2D eigenvalue weighted by Crippen LogP contribution is -2.10. The van der Waals surface area contributed by atoms with Gasteiger partial charge in [0.05, 0.1) is 0 Å². The molecule has 3 nitrogen and oxygen atoms in total. The summed E-state index contributed by atoms with van der Waals surface area (Å²) in [6.07, 6.45) is 2.96. The van der Waals surface area contributed by atoms with E-state index in [0.29, 0.717) is 44.9 Å². The van der Waals surface area contributed by atoms with Gasteiger partial charge in [0.15, 0.2) is 0 Å². The second-order valence-corrected chi connectivity index (χ2v) is 3.47. The Labute approximate surface area is 77.5 Å². The third kappa shape index (κ3) is 3.97. The molecular formula is C10H14O3. The molecule has 0 saturated heterocycles. The van der Waals surface area contributed by atoms with Crippen molar-refractivity contribution in [1.82, 2.24) is 0 Å². The molecule has 0 radical (unpaired) electrons. The summed E-state index contributed by atoms with van der Waals surface area (Å²) in [5.41, 5.74) is 0. The summed E-state index contributed by atoms with van der Waals surface area (Å²) < 4.78 is 0. The minimum absolute atomic E-state index is 0.0450. The van der Waals surface area contributed by atoms with Crippen molar-refractivity contribution >= 4 is 17.3 Å². The fraction of sp³-hybridized carbons (Fsp3) is 0.700. The molecule has 13 heavy (non-hydrogen) atoms. The SMILES string of the molecule is O=C1CCCC(=O)CCC(=O)CC1. The first-order chi connectivity index (χ1) is 6.18. The van der Waals surface area contributed by atoms with Gasteiger partial charge in [0, 0.05) is 38.5 Å². The molecule has 1 aliphatic rings. The standard InChI is InChI=1S/C10H14O3/c11-8-2-1-3-9(12)5-7-10(13)6-4-8/h1-7H2. The van der Waals surface area contributed by atoms with Crippen LogP contribution in [0.5, 0.6) is 0 Å². The van der Waals surface area contributed by atoms with Crippen molar-refractivity contribution in [2.45, 2.75) is 44.9 Å². The van der Waals surface area contributed by atoms with E-state index in [1.165, 1.54) is 0 Å². The van der Waals surface area contributed by atoms with Crippen LogP contribution in [-0.2, 0) is 14.4 Å². The molecule has 0 atom stereocenters. The Bertz CT molecular complexity index is 208. The number of Topliss-reactive ketones (excluding diaryl/α,β-unsaturated/α-hetero) is 3. The predicted octanol–water partition coefficient (Wildman–Crippen LogP) is 1.44. The highest BCUT2D eigenvalue weighted by atomic mass is 16.1. The molecule has 3 heteroatoms. The monoisotopic (exact) mass is 182 g/mol. The largest absolute Gasteiger partial charge is 0.300 e. The van der Waals surface area contributed by atoms with Gasteiger partial charge in [0.2, 0.25) is 0 Å². The molecule has 0 heterocycles. The normalized spacial score (nSPS) is 21.7. The van der Waals surface area contributed by atoms with Gasteiger partial charge >= 0.3 is 0 Å². The van der Waals surface area contributed by atoms with Gasteiger partial charge in [-0.3, -0.25) is 14.4 Å². The van der Waals surface area contributed by atoms with Crippen molar-refractivity contribution in [3.05, 3.63) is 0 Å². The van der Waals surface area contributed by atoms with Gasteiger partial charge < -0.3 is 0 Å². The van der Waals surface area contributed by atoms with Crippen LogP contribution < -0.4 is 0 Å². The zero-order valence-corrected chi connectivity index (χ0v) is 7.67. The van der Waals surface area contributed by atoms with E-state index in [4.69, 9.17) is 0 Å². The van der Waals surface area contributed by atoms with Crippen molar-refractivity contribution in [2.24, 2.45) is 0 Å². The molecule has 72 valence electrons. The van der Waals surface area contributed by atoms with E-state index in [2.05, 4.69) is 0 Å². The number of rotatable bonds is 0. The number of ketones is 3. The Balaban J connectivity index is 2.46. The Morgan fingerprint density at radius 3 is 1.23 bits per heavy atom. The molecule has 1 fully saturated rings. The lowest BCUT2D eigenvalue weighted by atomic mass is 9.99. The smallest absolute Gasteiger partial charge is 0.133 e. The summed E-state index contributed by atoms with van der Waals surface area (Å²) in [6.45, 7) is 0. The summed E-state index contributed by atoms with van der Waals surface area (Å²) in [5.74, 6) is 0.273. The maximum atomic E-state index is 11.1. The first kappa shape index (κ1) is 10.1. The Kier molecular flexibility index (Phi) is 3.80. The Morgan fingerprint density at radius 1 is 0.538 bits per heavy atom. The fourth-order valence-electron chi connectivity index (χ4n) is 1.42. The van der Waals surface area contributed by atoms with Crippen LogP contribution in [0.15, 0.2) is 0 Å². The molecule has 0 amide bonds. The summed E-state index contributed by atoms with van der Waals surface area (Å²) in [6, 6.07) is 0. The van der Waals surface area contributed by atoms with Crippen LogP contribution in [0.1, 0.15) is 44.9 Å². The van der Waals surface area contributed by atoms with E-state index in [1.54, 1.807) is 0 Å². The molecule has 1 aliphatic carbocycles. The molecule has 1 rings (SSSR count). The summed E-state index contributed by atoms with van der Waals surface area (Å²) in [4.78, 5) is 33.3. The molecule has 0 aromatic carbocycles. The van der Waals surface area contributed by atoms with E-state index in [0.717, 1.165) is 0 Å². The summed E-state index contributed by atoms with van der Waals surface area (Å²) >= 11 is 0. The second kappa shape index (κ2) is 4.90. The molecule has 0 aromatic heterocycles. The average molecular weight is 182 g/mol. The molecule has 0 aliphatic heterocycles. The van der Waals surface area contributed by atoms with Crippen molar-refractivity contribution in [3.8, 4) is 0 Å². The third-order valence-corrected chi connectivity index (χ3v) is 2.28. The van der Waals surface area contributed by atoms with E-state index in [1.807, 2.05) is 0 Å². The first-order valence-corrected chi connectivity index (χ1v) is 4.73. The van der Waals surface area contributed by atoms with E-state index >= 15 is 0 Å². The highest BCUT2D eigenvalue weighted by molar-refractivity contribution is 5.90. The van der Waals surface area contributed by atoms with Crippen LogP contribution >= 0.6 is 0 Å². The molecule has 0 bridgehead atoms. The summed E-state index contributed by atoms with van der Waals surface area (Å²) in [5, 5.41) is 0. The average Bonchev–Trinajstić information content (AvgIpc) is 2.10. The molecule has 0 aromatic rings. The minimum atomic E-state index is 0.0450. The van der Waals surface area contributed by atoms with Gasteiger partial charge in [-0.25, -0.2) is 0 Å². The van der Waals surface area contributed by atoms with Crippen LogP contribution in [0, 0.1) is 0 Å². The van der Waals surface area contributed by atoms with Crippen molar-refractivity contribution in [3.63, 3.8) is 0 Å². The van der Waals surface area contributed by atoms with Crippen LogP contribution in [0.4, 0.5) is 0 Å². The van der Waals surface area contributed by atoms with E-state index < -0.39 is 0 Å². The Morgan fingerprint density at radius 2 is 0.846 bits per heavy atom. The highest BCUT2D eigenvalue weighted by Gasteiger charge is 2.12. The predicted molar refractivity (Wildman–Crippen MR) is 47.3 cm³/mol. The van der Waals surface area contributed by atoms with Crippen LogP contribution in [0.25, 0.3) is 0 Å². The van der Waals surface area contributed by atoms with Crippen molar-refractivity contribution in [2.75, 3.05) is 0 Å². The lowest BCUT2D eigenvalue weighted by molar-refractivity contribution is -0.127. The minimum Gasteiger partial charge on any atom is -0.300 e. The molecule has 0 spiro atoms. The number of carbonyl (C=O) groups is 3.